The highest BCUT2D eigenvalue weighted by atomic mass is 14.7. The van der Waals surface area contributed by atoms with E-state index in [0.717, 1.165) is 22.0 Å². The van der Waals surface area contributed by atoms with Gasteiger partial charge in [-0.2, -0.15) is 0 Å². The van der Waals surface area contributed by atoms with Gasteiger partial charge in [-0.1, -0.05) is 20.8 Å². The third-order valence-corrected chi connectivity index (χ3v) is 2.83. The molecule has 2 nitrogen and oxygen atoms in total. The summed E-state index contributed by atoms with van der Waals surface area (Å²) in [4.78, 5) is 4.25. The molecule has 2 rings (SSSR count). The molecule has 0 fully saturated rings. The van der Waals surface area contributed by atoms with Gasteiger partial charge in [0.15, 0.2) is 0 Å². The summed E-state index contributed by atoms with van der Waals surface area (Å²) >= 11 is 0. The van der Waals surface area contributed by atoms with Crippen molar-refractivity contribution in [3.8, 4) is 12.3 Å². The second kappa shape index (κ2) is 3.78. The lowest BCUT2D eigenvalue weighted by Gasteiger charge is -2.22. The lowest BCUT2D eigenvalue weighted by atomic mass is 9.83. The Labute approximate surface area is 102 Å². The predicted molar refractivity (Wildman–Crippen MR) is 72.8 cm³/mol. The van der Waals surface area contributed by atoms with Gasteiger partial charge in [-0.25, -0.2) is 4.98 Å². The number of rotatable bonds is 0. The van der Waals surface area contributed by atoms with Gasteiger partial charge in [0.2, 0.25) is 0 Å². The van der Waals surface area contributed by atoms with E-state index in [9.17, 15) is 0 Å². The topological polar surface area (TPSA) is 38.9 Å². The fourth-order valence-electron chi connectivity index (χ4n) is 2.04. The summed E-state index contributed by atoms with van der Waals surface area (Å²) in [7, 11) is 0. The van der Waals surface area contributed by atoms with Crippen LogP contribution in [0.1, 0.15) is 32.0 Å². The van der Waals surface area contributed by atoms with Gasteiger partial charge in [-0.3, -0.25) is 0 Å². The van der Waals surface area contributed by atoms with Gasteiger partial charge >= 0.3 is 0 Å². The normalized spacial score (nSPS) is 11.4. The second-order valence-corrected chi connectivity index (χ2v) is 5.22. The number of fused-ring (bicyclic) bond motifs is 1. The van der Waals surface area contributed by atoms with Crippen LogP contribution in [0, 0.1) is 12.3 Å². The largest absolute Gasteiger partial charge is 0.399 e. The summed E-state index contributed by atoms with van der Waals surface area (Å²) in [5.41, 5.74) is 8.52. The number of aromatic nitrogens is 1. The number of nitrogens with two attached hydrogens (primary N) is 1. The van der Waals surface area contributed by atoms with Crippen LogP contribution in [0.25, 0.3) is 10.8 Å². The molecule has 0 saturated heterocycles. The summed E-state index contributed by atoms with van der Waals surface area (Å²) in [6.45, 7) is 6.44. The van der Waals surface area contributed by atoms with Crippen molar-refractivity contribution < 1.29 is 0 Å². The van der Waals surface area contributed by atoms with Gasteiger partial charge in [0, 0.05) is 17.3 Å². The zero-order valence-corrected chi connectivity index (χ0v) is 10.4. The van der Waals surface area contributed by atoms with Crippen LogP contribution in [0.2, 0.25) is 0 Å². The van der Waals surface area contributed by atoms with Crippen molar-refractivity contribution in [3.63, 3.8) is 0 Å². The lowest BCUT2D eigenvalue weighted by Crippen LogP contribution is -2.13. The quantitative estimate of drug-likeness (QED) is 0.551. The van der Waals surface area contributed by atoms with Gasteiger partial charge in [0.05, 0.1) is 0 Å². The minimum absolute atomic E-state index is 0.0116. The number of pyridine rings is 1. The average Bonchev–Trinajstić information content (AvgIpc) is 2.25. The van der Waals surface area contributed by atoms with Crippen molar-refractivity contribution in [1.29, 1.82) is 0 Å². The first-order valence-corrected chi connectivity index (χ1v) is 5.59. The van der Waals surface area contributed by atoms with Crippen LogP contribution in [0.3, 0.4) is 0 Å². The van der Waals surface area contributed by atoms with Crippen LogP contribution in [0.15, 0.2) is 24.4 Å². The van der Waals surface area contributed by atoms with E-state index in [1.54, 1.807) is 6.20 Å². The van der Waals surface area contributed by atoms with Crippen molar-refractivity contribution >= 4 is 16.5 Å². The zero-order chi connectivity index (χ0) is 12.6. The molecule has 0 aliphatic rings. The molecule has 2 N–H and O–H groups in total. The molecule has 2 aromatic rings. The maximum absolute atomic E-state index is 5.94. The van der Waals surface area contributed by atoms with E-state index in [4.69, 9.17) is 12.2 Å². The van der Waals surface area contributed by atoms with Crippen LogP contribution in [0.5, 0.6) is 0 Å². The van der Waals surface area contributed by atoms with Crippen LogP contribution < -0.4 is 5.73 Å². The van der Waals surface area contributed by atoms with Crippen LogP contribution >= 0.6 is 0 Å². The van der Waals surface area contributed by atoms with Gasteiger partial charge < -0.3 is 5.73 Å². The highest BCUT2D eigenvalue weighted by Crippen LogP contribution is 2.33. The Morgan fingerprint density at radius 2 is 2.00 bits per heavy atom. The van der Waals surface area contributed by atoms with Gasteiger partial charge in [-0.05, 0) is 40.5 Å². The van der Waals surface area contributed by atoms with E-state index in [0.29, 0.717) is 5.69 Å². The number of hydrogen-bond acceptors (Lipinski definition) is 2. The molecular weight excluding hydrogens is 208 g/mol. The molecule has 0 bridgehead atoms. The predicted octanol–water partition coefficient (Wildman–Crippen LogP) is 3.10. The van der Waals surface area contributed by atoms with Gasteiger partial charge in [-0.15, -0.1) is 6.42 Å². The third kappa shape index (κ3) is 1.97. The van der Waals surface area contributed by atoms with Crippen molar-refractivity contribution in [2.75, 3.05) is 5.73 Å². The third-order valence-electron chi connectivity index (χ3n) is 2.83. The Kier molecular flexibility index (Phi) is 2.55. The lowest BCUT2D eigenvalue weighted by molar-refractivity contribution is 0.596. The molecule has 86 valence electrons. The first-order chi connectivity index (χ1) is 7.93. The number of benzene rings is 1. The van der Waals surface area contributed by atoms with Crippen molar-refractivity contribution in [3.05, 3.63) is 35.7 Å². The Morgan fingerprint density at radius 3 is 2.59 bits per heavy atom. The SMILES string of the molecule is C#Cc1nccc2cc(N)cc(C(C)(C)C)c12. The average molecular weight is 224 g/mol. The Balaban J connectivity index is 2.96. The van der Waals surface area contributed by atoms with E-state index >= 15 is 0 Å². The maximum Gasteiger partial charge on any atom is 0.120 e. The maximum atomic E-state index is 5.94. The fraction of sp³-hybridized carbons (Fsp3) is 0.267. The molecule has 0 saturated carbocycles. The first-order valence-electron chi connectivity index (χ1n) is 5.59. The molecular formula is C15H16N2. The van der Waals surface area contributed by atoms with Crippen LogP contribution in [-0.2, 0) is 5.41 Å². The summed E-state index contributed by atoms with van der Waals surface area (Å²) in [6, 6.07) is 5.87. The van der Waals surface area contributed by atoms with E-state index in [2.05, 4.69) is 31.7 Å². The smallest absolute Gasteiger partial charge is 0.120 e. The summed E-state index contributed by atoms with van der Waals surface area (Å²) in [6.07, 6.45) is 7.25. The molecule has 0 aliphatic heterocycles. The van der Waals surface area contributed by atoms with Gasteiger partial charge in [0.1, 0.15) is 5.69 Å². The monoisotopic (exact) mass is 224 g/mol. The highest BCUT2D eigenvalue weighted by Gasteiger charge is 2.19. The van der Waals surface area contributed by atoms with Crippen molar-refractivity contribution in [2.24, 2.45) is 0 Å². The molecule has 0 atom stereocenters. The van der Waals surface area contributed by atoms with Gasteiger partial charge in [0.25, 0.3) is 0 Å². The molecule has 1 aromatic heterocycles. The summed E-state index contributed by atoms with van der Waals surface area (Å²) < 4.78 is 0. The number of nitrogen functional groups attached to an aromatic ring is 1. The highest BCUT2D eigenvalue weighted by molar-refractivity contribution is 5.92. The van der Waals surface area contributed by atoms with E-state index in [-0.39, 0.29) is 5.41 Å². The minimum Gasteiger partial charge on any atom is -0.399 e. The Hall–Kier alpha value is -2.01. The molecule has 0 amide bonds. The van der Waals surface area contributed by atoms with Crippen LogP contribution in [0.4, 0.5) is 5.69 Å². The Morgan fingerprint density at radius 1 is 1.29 bits per heavy atom. The molecule has 17 heavy (non-hydrogen) atoms. The van der Waals surface area contributed by atoms with Crippen molar-refractivity contribution in [2.45, 2.75) is 26.2 Å². The van der Waals surface area contributed by atoms with E-state index in [1.807, 2.05) is 18.2 Å². The number of terminal acetylenes is 1. The molecule has 2 heteroatoms. The molecule has 0 spiro atoms. The van der Waals surface area contributed by atoms with E-state index < -0.39 is 0 Å². The zero-order valence-electron chi connectivity index (χ0n) is 10.4. The first kappa shape index (κ1) is 11.5. The second-order valence-electron chi connectivity index (χ2n) is 5.22. The van der Waals surface area contributed by atoms with E-state index in [1.165, 1.54) is 0 Å². The number of anilines is 1. The Bertz CT molecular complexity index is 613. The summed E-state index contributed by atoms with van der Waals surface area (Å²) in [5, 5.41) is 2.09. The molecule has 0 aliphatic carbocycles. The number of nitrogens with zero attached hydrogens (tertiary/aromatic N) is 1. The molecule has 0 radical (unpaired) electrons. The molecule has 0 unspecified atom stereocenters. The summed E-state index contributed by atoms with van der Waals surface area (Å²) in [5.74, 6) is 2.65. The minimum atomic E-state index is -0.0116. The fourth-order valence-corrected chi connectivity index (χ4v) is 2.04. The standard InChI is InChI=1S/C15H16N2/c1-5-13-14-10(6-7-17-13)8-11(16)9-12(14)15(2,3)4/h1,6-9H,16H2,2-4H3. The number of hydrogen-bond donors (Lipinski definition) is 1. The van der Waals surface area contributed by atoms with Crippen molar-refractivity contribution in [1.82, 2.24) is 4.98 Å². The van der Waals surface area contributed by atoms with Crippen LogP contribution in [-0.4, -0.2) is 4.98 Å². The molecule has 1 aromatic carbocycles. The molecule has 1 heterocycles.